The number of nitrogens with one attached hydrogen (secondary N) is 2. The smallest absolute Gasteiger partial charge is 0.272 e. The van der Waals surface area contributed by atoms with E-state index in [0.29, 0.717) is 5.39 Å². The van der Waals surface area contributed by atoms with Crippen LogP contribution < -0.4 is 10.9 Å². The van der Waals surface area contributed by atoms with Gasteiger partial charge in [0.1, 0.15) is 0 Å². The summed E-state index contributed by atoms with van der Waals surface area (Å²) in [4.78, 5) is 16.6. The van der Waals surface area contributed by atoms with Gasteiger partial charge in [0.05, 0.1) is 23.0 Å². The van der Waals surface area contributed by atoms with Crippen molar-refractivity contribution in [1.82, 2.24) is 15.2 Å². The Hall–Kier alpha value is -3.47. The summed E-state index contributed by atoms with van der Waals surface area (Å²) in [7, 11) is 0. The molecule has 0 aliphatic carbocycles. The summed E-state index contributed by atoms with van der Waals surface area (Å²) in [6.45, 7) is 0. The van der Waals surface area contributed by atoms with E-state index in [4.69, 9.17) is 0 Å². The van der Waals surface area contributed by atoms with E-state index in [-0.39, 0.29) is 17.5 Å². The molecule has 126 valence electrons. The van der Waals surface area contributed by atoms with Gasteiger partial charge in [-0.15, -0.1) is 0 Å². The van der Waals surface area contributed by atoms with Gasteiger partial charge in [0.25, 0.3) is 5.56 Å². The molecule has 0 fully saturated rings. The number of H-pyrrole nitrogens is 1. The normalized spacial score (nSPS) is 18.5. The van der Waals surface area contributed by atoms with Crippen molar-refractivity contribution in [3.8, 4) is 0 Å². The van der Waals surface area contributed by atoms with E-state index in [2.05, 4.69) is 38.7 Å². The van der Waals surface area contributed by atoms with Gasteiger partial charge in [-0.2, -0.15) is 5.10 Å². The predicted octanol–water partition coefficient (Wildman–Crippen LogP) is 3.62. The average molecular weight is 340 g/mol. The van der Waals surface area contributed by atoms with Crippen LogP contribution in [0.25, 0.3) is 10.8 Å². The molecule has 5 nitrogen and oxygen atoms in total. The minimum absolute atomic E-state index is 0.0254. The third kappa shape index (κ3) is 2.21. The van der Waals surface area contributed by atoms with Crippen LogP contribution in [0.5, 0.6) is 0 Å². The lowest BCUT2D eigenvalue weighted by Gasteiger charge is -2.34. The fourth-order valence-corrected chi connectivity index (χ4v) is 3.85. The Labute approximate surface area is 149 Å². The topological polar surface area (TPSA) is 70.7 Å². The van der Waals surface area contributed by atoms with Gasteiger partial charge in [0.15, 0.2) is 0 Å². The first-order valence-electron chi connectivity index (χ1n) is 8.55. The zero-order valence-electron chi connectivity index (χ0n) is 13.9. The number of rotatable bonds is 2. The van der Waals surface area contributed by atoms with Crippen molar-refractivity contribution in [3.63, 3.8) is 0 Å². The lowest BCUT2D eigenvalue weighted by atomic mass is 9.80. The summed E-state index contributed by atoms with van der Waals surface area (Å²) >= 11 is 0. The maximum absolute atomic E-state index is 12.3. The zero-order chi connectivity index (χ0) is 17.5. The first-order chi connectivity index (χ1) is 12.8. The van der Waals surface area contributed by atoms with Crippen LogP contribution in [0, 0.1) is 0 Å². The summed E-state index contributed by atoms with van der Waals surface area (Å²) in [5.41, 5.74) is 3.87. The van der Waals surface area contributed by atoms with Crippen molar-refractivity contribution in [2.45, 2.75) is 12.0 Å². The van der Waals surface area contributed by atoms with Gasteiger partial charge in [0.2, 0.25) is 0 Å². The van der Waals surface area contributed by atoms with Gasteiger partial charge in [-0.1, -0.05) is 42.5 Å². The number of aromatic amines is 1. The van der Waals surface area contributed by atoms with Gasteiger partial charge < -0.3 is 5.32 Å². The van der Waals surface area contributed by atoms with Crippen LogP contribution in [0.2, 0.25) is 0 Å². The van der Waals surface area contributed by atoms with Gasteiger partial charge in [-0.3, -0.25) is 9.78 Å². The standard InChI is InChI=1S/C21H16N4O/c26-21-15-9-4-10-16-18(15)20(24-25-21)17(13-6-2-1-3-7-13)19(23-16)14-8-5-11-22-12-14/h1-12,17,19,23H,(H,25,26). The van der Waals surface area contributed by atoms with Crippen molar-refractivity contribution < 1.29 is 0 Å². The zero-order valence-corrected chi connectivity index (χ0v) is 13.9. The summed E-state index contributed by atoms with van der Waals surface area (Å²) in [6, 6.07) is 20.0. The van der Waals surface area contributed by atoms with Gasteiger partial charge >= 0.3 is 0 Å². The van der Waals surface area contributed by atoms with Crippen molar-refractivity contribution >= 4 is 16.5 Å². The maximum atomic E-state index is 12.3. The second-order valence-electron chi connectivity index (χ2n) is 6.46. The lowest BCUT2D eigenvalue weighted by Crippen LogP contribution is -2.28. The van der Waals surface area contributed by atoms with Crippen LogP contribution in [0.1, 0.15) is 28.8 Å². The first-order valence-corrected chi connectivity index (χ1v) is 8.55. The Kier molecular flexibility index (Phi) is 3.31. The molecule has 0 bridgehead atoms. The monoisotopic (exact) mass is 340 g/mol. The fourth-order valence-electron chi connectivity index (χ4n) is 3.85. The molecule has 0 saturated carbocycles. The molecule has 5 rings (SSSR count). The molecule has 26 heavy (non-hydrogen) atoms. The molecule has 0 saturated heterocycles. The number of benzene rings is 2. The Morgan fingerprint density at radius 2 is 1.73 bits per heavy atom. The lowest BCUT2D eigenvalue weighted by molar-refractivity contribution is 0.636. The number of hydrogen-bond acceptors (Lipinski definition) is 4. The Bertz CT molecular complexity index is 1140. The highest BCUT2D eigenvalue weighted by molar-refractivity contribution is 5.97. The van der Waals surface area contributed by atoms with E-state index >= 15 is 0 Å². The van der Waals surface area contributed by atoms with Gasteiger partial charge in [-0.25, -0.2) is 5.10 Å². The molecule has 0 radical (unpaired) electrons. The molecule has 1 aliphatic heterocycles. The highest BCUT2D eigenvalue weighted by Crippen LogP contribution is 2.45. The van der Waals surface area contributed by atoms with Gasteiger partial charge in [-0.05, 0) is 29.3 Å². The van der Waals surface area contributed by atoms with E-state index in [1.54, 1.807) is 6.20 Å². The summed E-state index contributed by atoms with van der Waals surface area (Å²) in [6.07, 6.45) is 3.65. The molecule has 2 aromatic heterocycles. The molecule has 2 atom stereocenters. The fraction of sp³-hybridized carbons (Fsp3) is 0.0952. The van der Waals surface area contributed by atoms with E-state index in [0.717, 1.165) is 27.9 Å². The summed E-state index contributed by atoms with van der Waals surface area (Å²) in [5, 5.41) is 12.3. The van der Waals surface area contributed by atoms with E-state index in [1.807, 2.05) is 48.7 Å². The van der Waals surface area contributed by atoms with Crippen molar-refractivity contribution in [3.05, 3.63) is 100 Å². The quantitative estimate of drug-likeness (QED) is 0.585. The van der Waals surface area contributed by atoms with Crippen LogP contribution in [0.15, 0.2) is 77.9 Å². The summed E-state index contributed by atoms with van der Waals surface area (Å²) < 4.78 is 0. The summed E-state index contributed by atoms with van der Waals surface area (Å²) in [5.74, 6) is -0.0327. The van der Waals surface area contributed by atoms with Crippen LogP contribution in [-0.2, 0) is 0 Å². The predicted molar refractivity (Wildman–Crippen MR) is 101 cm³/mol. The van der Waals surface area contributed by atoms with Crippen LogP contribution in [0.4, 0.5) is 5.69 Å². The number of anilines is 1. The maximum Gasteiger partial charge on any atom is 0.272 e. The Morgan fingerprint density at radius 3 is 2.54 bits per heavy atom. The average Bonchev–Trinajstić information content (AvgIpc) is 2.71. The molecular weight excluding hydrogens is 324 g/mol. The minimum atomic E-state index is -0.168. The minimum Gasteiger partial charge on any atom is -0.377 e. The van der Waals surface area contributed by atoms with Crippen molar-refractivity contribution in [1.29, 1.82) is 0 Å². The molecule has 1 aliphatic rings. The SMILES string of the molecule is O=c1[nH]nc2c3c(cccc13)NC(c1cccnc1)C2c1ccccc1. The van der Waals surface area contributed by atoms with Crippen LogP contribution in [0.3, 0.4) is 0 Å². The molecular formula is C21H16N4O. The number of pyridine rings is 1. The molecule has 4 aromatic rings. The molecule has 2 unspecified atom stereocenters. The Balaban J connectivity index is 1.82. The molecule has 0 spiro atoms. The molecule has 5 heteroatoms. The third-order valence-electron chi connectivity index (χ3n) is 4.98. The second kappa shape index (κ2) is 5.81. The molecule has 0 amide bonds. The second-order valence-corrected chi connectivity index (χ2v) is 6.46. The molecule has 2 aromatic carbocycles. The van der Waals surface area contributed by atoms with Crippen molar-refractivity contribution in [2.24, 2.45) is 0 Å². The highest BCUT2D eigenvalue weighted by Gasteiger charge is 2.34. The highest BCUT2D eigenvalue weighted by atomic mass is 16.1. The van der Waals surface area contributed by atoms with E-state index in [1.165, 1.54) is 0 Å². The van der Waals surface area contributed by atoms with Crippen molar-refractivity contribution in [2.75, 3.05) is 5.32 Å². The van der Waals surface area contributed by atoms with Crippen LogP contribution in [-0.4, -0.2) is 15.2 Å². The van der Waals surface area contributed by atoms with E-state index in [9.17, 15) is 4.79 Å². The Morgan fingerprint density at radius 1 is 0.885 bits per heavy atom. The third-order valence-corrected chi connectivity index (χ3v) is 4.98. The largest absolute Gasteiger partial charge is 0.377 e. The van der Waals surface area contributed by atoms with Crippen LogP contribution >= 0.6 is 0 Å². The number of aromatic nitrogens is 3. The molecule has 3 heterocycles. The molecule has 2 N–H and O–H groups in total. The first kappa shape index (κ1) is 14.8. The van der Waals surface area contributed by atoms with E-state index < -0.39 is 0 Å². The van der Waals surface area contributed by atoms with Gasteiger partial charge in [0, 0.05) is 23.5 Å². The number of nitrogens with zero attached hydrogens (tertiary/aromatic N) is 2. The number of hydrogen-bond donors (Lipinski definition) is 2.